The molecule has 2 rings (SSSR count). The van der Waals surface area contributed by atoms with Crippen molar-refractivity contribution >= 4 is 17.7 Å². The van der Waals surface area contributed by atoms with Crippen LogP contribution in [0.1, 0.15) is 52.4 Å². The van der Waals surface area contributed by atoms with Crippen LogP contribution in [-0.2, 0) is 4.79 Å². The molecule has 0 atom stereocenters. The van der Waals surface area contributed by atoms with Gasteiger partial charge in [-0.3, -0.25) is 4.79 Å². The predicted octanol–water partition coefficient (Wildman–Crippen LogP) is 3.31. The Labute approximate surface area is 95.8 Å². The van der Waals surface area contributed by atoms with E-state index in [1.165, 1.54) is 25.7 Å². The first-order chi connectivity index (χ1) is 6.98. The summed E-state index contributed by atoms with van der Waals surface area (Å²) >= 11 is 1.66. The summed E-state index contributed by atoms with van der Waals surface area (Å²) in [4.78, 5) is 11.4. The molecular formula is C12H20O2S. The average molecular weight is 228 g/mol. The average Bonchev–Trinajstić information content (AvgIpc) is 2.49. The van der Waals surface area contributed by atoms with E-state index >= 15 is 0 Å². The van der Waals surface area contributed by atoms with Crippen LogP contribution >= 0.6 is 11.8 Å². The molecule has 0 heterocycles. The summed E-state index contributed by atoms with van der Waals surface area (Å²) in [5.74, 6) is -0.585. The van der Waals surface area contributed by atoms with Crippen molar-refractivity contribution in [2.75, 3.05) is 0 Å². The lowest BCUT2D eigenvalue weighted by atomic mass is 9.60. The molecule has 0 saturated heterocycles. The lowest BCUT2D eigenvalue weighted by molar-refractivity contribution is -0.146. The molecule has 0 aromatic heterocycles. The van der Waals surface area contributed by atoms with E-state index in [1.807, 2.05) is 0 Å². The molecule has 2 aliphatic rings. The predicted molar refractivity (Wildman–Crippen MR) is 63.2 cm³/mol. The van der Waals surface area contributed by atoms with Crippen LogP contribution in [0, 0.1) is 5.41 Å². The second-order valence-electron chi connectivity index (χ2n) is 5.53. The van der Waals surface area contributed by atoms with Gasteiger partial charge in [-0.15, -0.1) is 11.8 Å². The number of rotatable bonds is 3. The SMILES string of the molecule is CC(C)SC1(C(=O)O)CC2(CCCC2)C1. The van der Waals surface area contributed by atoms with Crippen molar-refractivity contribution in [3.8, 4) is 0 Å². The smallest absolute Gasteiger partial charge is 0.319 e. The number of carboxylic acids is 1. The Morgan fingerprint density at radius 1 is 1.27 bits per heavy atom. The van der Waals surface area contributed by atoms with Gasteiger partial charge in [0, 0.05) is 5.25 Å². The van der Waals surface area contributed by atoms with E-state index in [-0.39, 0.29) is 0 Å². The third kappa shape index (κ3) is 1.91. The Bertz CT molecular complexity index is 259. The van der Waals surface area contributed by atoms with Gasteiger partial charge in [0.15, 0.2) is 0 Å². The normalized spacial score (nSPS) is 26.9. The number of thioether (sulfide) groups is 1. The van der Waals surface area contributed by atoms with Gasteiger partial charge in [-0.2, -0.15) is 0 Å². The Kier molecular flexibility index (Phi) is 2.78. The van der Waals surface area contributed by atoms with Gasteiger partial charge in [-0.25, -0.2) is 0 Å². The zero-order valence-corrected chi connectivity index (χ0v) is 10.4. The molecule has 0 aromatic carbocycles. The molecule has 15 heavy (non-hydrogen) atoms. The van der Waals surface area contributed by atoms with Gasteiger partial charge in [0.05, 0.1) is 0 Å². The third-order valence-corrected chi connectivity index (χ3v) is 5.22. The first-order valence-corrected chi connectivity index (χ1v) is 6.77. The number of carbonyl (C=O) groups is 1. The van der Waals surface area contributed by atoms with E-state index in [9.17, 15) is 9.90 Å². The molecule has 0 aromatic rings. The van der Waals surface area contributed by atoms with E-state index in [0.717, 1.165) is 12.8 Å². The second kappa shape index (κ2) is 3.69. The monoisotopic (exact) mass is 228 g/mol. The quantitative estimate of drug-likeness (QED) is 0.805. The van der Waals surface area contributed by atoms with E-state index in [1.54, 1.807) is 11.8 Å². The molecule has 2 fully saturated rings. The number of hydrogen-bond donors (Lipinski definition) is 1. The first-order valence-electron chi connectivity index (χ1n) is 5.89. The molecule has 2 aliphatic carbocycles. The molecule has 0 bridgehead atoms. The van der Waals surface area contributed by atoms with Crippen molar-refractivity contribution in [2.24, 2.45) is 5.41 Å². The minimum Gasteiger partial charge on any atom is -0.480 e. The molecule has 1 spiro atoms. The van der Waals surface area contributed by atoms with Crippen molar-refractivity contribution in [1.29, 1.82) is 0 Å². The zero-order valence-electron chi connectivity index (χ0n) is 9.58. The van der Waals surface area contributed by atoms with Gasteiger partial charge < -0.3 is 5.11 Å². The van der Waals surface area contributed by atoms with Crippen LogP contribution in [0.15, 0.2) is 0 Å². The van der Waals surface area contributed by atoms with Crippen molar-refractivity contribution < 1.29 is 9.90 Å². The second-order valence-corrected chi connectivity index (χ2v) is 7.49. The van der Waals surface area contributed by atoms with Crippen molar-refractivity contribution in [1.82, 2.24) is 0 Å². The molecule has 0 unspecified atom stereocenters. The molecule has 0 amide bonds. The fourth-order valence-electron chi connectivity index (χ4n) is 3.37. The van der Waals surface area contributed by atoms with Crippen LogP contribution in [0.4, 0.5) is 0 Å². The summed E-state index contributed by atoms with van der Waals surface area (Å²) in [6.45, 7) is 4.18. The molecule has 86 valence electrons. The maximum Gasteiger partial charge on any atom is 0.319 e. The highest BCUT2D eigenvalue weighted by molar-refractivity contribution is 8.02. The van der Waals surface area contributed by atoms with Gasteiger partial charge >= 0.3 is 5.97 Å². The summed E-state index contributed by atoms with van der Waals surface area (Å²) in [5.41, 5.74) is 0.417. The Morgan fingerprint density at radius 2 is 1.80 bits per heavy atom. The summed E-state index contributed by atoms with van der Waals surface area (Å²) in [5, 5.41) is 9.77. The standard InChI is InChI=1S/C12H20O2S/c1-9(2)15-12(10(13)14)7-11(8-12)5-3-4-6-11/h9H,3-8H2,1-2H3,(H,13,14). The van der Waals surface area contributed by atoms with Crippen molar-refractivity contribution in [3.05, 3.63) is 0 Å². The van der Waals surface area contributed by atoms with Gasteiger partial charge in [0.25, 0.3) is 0 Å². The number of aliphatic carboxylic acids is 1. The topological polar surface area (TPSA) is 37.3 Å². The van der Waals surface area contributed by atoms with Crippen LogP contribution in [0.3, 0.4) is 0 Å². The van der Waals surface area contributed by atoms with E-state index in [4.69, 9.17) is 0 Å². The van der Waals surface area contributed by atoms with Crippen LogP contribution in [0.2, 0.25) is 0 Å². The largest absolute Gasteiger partial charge is 0.480 e. The highest BCUT2D eigenvalue weighted by atomic mass is 32.2. The van der Waals surface area contributed by atoms with Crippen LogP contribution in [-0.4, -0.2) is 21.1 Å². The van der Waals surface area contributed by atoms with Gasteiger partial charge in [0.2, 0.25) is 0 Å². The first kappa shape index (κ1) is 11.3. The van der Waals surface area contributed by atoms with E-state index < -0.39 is 10.7 Å². The van der Waals surface area contributed by atoms with Crippen LogP contribution in [0.5, 0.6) is 0 Å². The summed E-state index contributed by atoms with van der Waals surface area (Å²) in [6.07, 6.45) is 6.97. The molecule has 1 N–H and O–H groups in total. The summed E-state index contributed by atoms with van der Waals surface area (Å²) in [7, 11) is 0. The molecule has 2 nitrogen and oxygen atoms in total. The molecule has 0 aliphatic heterocycles. The summed E-state index contributed by atoms with van der Waals surface area (Å²) in [6, 6.07) is 0. The minimum atomic E-state index is -0.585. The highest BCUT2D eigenvalue weighted by Gasteiger charge is 2.59. The highest BCUT2D eigenvalue weighted by Crippen LogP contribution is 2.63. The number of carboxylic acid groups (broad SMARTS) is 1. The fraction of sp³-hybridized carbons (Fsp3) is 0.917. The van der Waals surface area contributed by atoms with Crippen molar-refractivity contribution in [2.45, 2.75) is 62.4 Å². The minimum absolute atomic E-state index is 0.417. The number of hydrogen-bond acceptors (Lipinski definition) is 2. The van der Waals surface area contributed by atoms with E-state index in [2.05, 4.69) is 13.8 Å². The van der Waals surface area contributed by atoms with Crippen LogP contribution < -0.4 is 0 Å². The lowest BCUT2D eigenvalue weighted by Crippen LogP contribution is -2.54. The van der Waals surface area contributed by atoms with Gasteiger partial charge in [0.1, 0.15) is 4.75 Å². The Balaban J connectivity index is 2.03. The maximum atomic E-state index is 11.4. The van der Waals surface area contributed by atoms with E-state index in [0.29, 0.717) is 10.7 Å². The Morgan fingerprint density at radius 3 is 2.20 bits per heavy atom. The molecule has 3 heteroatoms. The summed E-state index contributed by atoms with van der Waals surface area (Å²) < 4.78 is -0.446. The third-order valence-electron chi connectivity index (χ3n) is 3.84. The maximum absolute atomic E-state index is 11.4. The van der Waals surface area contributed by atoms with Crippen molar-refractivity contribution in [3.63, 3.8) is 0 Å². The van der Waals surface area contributed by atoms with Crippen LogP contribution in [0.25, 0.3) is 0 Å². The molecular weight excluding hydrogens is 208 g/mol. The Hall–Kier alpha value is -0.180. The lowest BCUT2D eigenvalue weighted by Gasteiger charge is -2.52. The molecule has 2 saturated carbocycles. The zero-order chi connectivity index (χ0) is 11.1. The molecule has 0 radical (unpaired) electrons. The fourth-order valence-corrected chi connectivity index (χ4v) is 5.16. The van der Waals surface area contributed by atoms with Gasteiger partial charge in [-0.05, 0) is 31.1 Å². The van der Waals surface area contributed by atoms with Gasteiger partial charge in [-0.1, -0.05) is 26.7 Å².